The average Bonchev–Trinajstić information content (AvgIpc) is 3.81. The molecule has 0 aliphatic carbocycles. The second kappa shape index (κ2) is 14.8. The zero-order valence-corrected chi connectivity index (χ0v) is 26.5. The fourth-order valence-electron chi connectivity index (χ4n) is 4.95. The summed E-state index contributed by atoms with van der Waals surface area (Å²) in [5, 5.41) is 0. The van der Waals surface area contributed by atoms with Crippen molar-refractivity contribution in [2.45, 2.75) is 26.7 Å². The van der Waals surface area contributed by atoms with Gasteiger partial charge in [0.05, 0.1) is 5.69 Å². The zero-order valence-electron chi connectivity index (χ0n) is 24.8. The standard InChI is InChI=1S/C22H22N4.C14H12N3.Rh/c1-3-9-21(10-4-1)25-17-15-23(19-25)13-7-8-14-24-16-18-26(20-24)22-11-5-2-6-12-22;1-10-11(2)17-9-8-15-13(14(17)16-10)12-6-4-3-5-7-12;/h1-6,9,11,15-20H,7-8,13-14H2;3-6,8-9H,1-2H3;/q-4;-1;. The Balaban J connectivity index is 0.000000185. The molecule has 8 heteroatoms. The predicted octanol–water partition coefficient (Wildman–Crippen LogP) is 7.00. The van der Waals surface area contributed by atoms with E-state index >= 15 is 0 Å². The van der Waals surface area contributed by atoms with Crippen LogP contribution in [0.4, 0.5) is 11.4 Å². The minimum atomic E-state index is 0. The molecule has 0 unspecified atom stereocenters. The van der Waals surface area contributed by atoms with Crippen LogP contribution in [0.5, 0.6) is 0 Å². The van der Waals surface area contributed by atoms with Crippen molar-refractivity contribution in [3.8, 4) is 11.3 Å². The van der Waals surface area contributed by atoms with Crippen LogP contribution in [-0.4, -0.2) is 37.3 Å². The Morgan fingerprint density at radius 2 is 1.27 bits per heavy atom. The third-order valence-electron chi connectivity index (χ3n) is 7.39. The van der Waals surface area contributed by atoms with Crippen LogP contribution < -0.4 is 9.80 Å². The molecular weight excluding hydrogens is 633 g/mol. The Kier molecular flexibility index (Phi) is 10.5. The predicted molar refractivity (Wildman–Crippen MR) is 172 cm³/mol. The summed E-state index contributed by atoms with van der Waals surface area (Å²) in [5.74, 6) is 0. The molecule has 3 aromatic carbocycles. The molecule has 0 atom stereocenters. The van der Waals surface area contributed by atoms with Crippen molar-refractivity contribution >= 4 is 17.0 Å². The van der Waals surface area contributed by atoms with Crippen molar-refractivity contribution in [1.82, 2.24) is 24.2 Å². The third-order valence-corrected chi connectivity index (χ3v) is 7.39. The van der Waals surface area contributed by atoms with Gasteiger partial charge in [0.1, 0.15) is 5.65 Å². The van der Waals surface area contributed by atoms with Gasteiger partial charge in [0.15, 0.2) is 0 Å². The van der Waals surface area contributed by atoms with Crippen molar-refractivity contribution < 1.29 is 19.5 Å². The molecule has 44 heavy (non-hydrogen) atoms. The van der Waals surface area contributed by atoms with Crippen molar-refractivity contribution in [2.24, 2.45) is 0 Å². The first-order valence-corrected chi connectivity index (χ1v) is 14.5. The summed E-state index contributed by atoms with van der Waals surface area (Å²) in [6, 6.07) is 33.6. The number of rotatable bonds is 8. The van der Waals surface area contributed by atoms with Crippen LogP contribution in [0.15, 0.2) is 110 Å². The summed E-state index contributed by atoms with van der Waals surface area (Å²) >= 11 is 0. The van der Waals surface area contributed by atoms with Gasteiger partial charge in [-0.3, -0.25) is 4.98 Å². The van der Waals surface area contributed by atoms with E-state index in [9.17, 15) is 0 Å². The van der Waals surface area contributed by atoms with Gasteiger partial charge in [0, 0.05) is 43.3 Å². The molecule has 2 aliphatic heterocycles. The van der Waals surface area contributed by atoms with Crippen LogP contribution in [0.2, 0.25) is 0 Å². The summed E-state index contributed by atoms with van der Waals surface area (Å²) in [6.07, 6.45) is 14.4. The van der Waals surface area contributed by atoms with E-state index in [0.29, 0.717) is 0 Å². The number of unbranched alkanes of at least 4 members (excludes halogenated alkanes) is 1. The summed E-state index contributed by atoms with van der Waals surface area (Å²) in [5.41, 5.74) is 7.08. The van der Waals surface area contributed by atoms with E-state index < -0.39 is 0 Å². The van der Waals surface area contributed by atoms with Gasteiger partial charge < -0.3 is 24.0 Å². The molecule has 1 radical (unpaired) electrons. The summed E-state index contributed by atoms with van der Waals surface area (Å²) < 4.78 is 2.07. The third kappa shape index (κ3) is 7.38. The average molecular weight is 668 g/mol. The van der Waals surface area contributed by atoms with Crippen molar-refractivity contribution in [2.75, 3.05) is 22.9 Å². The maximum absolute atomic E-state index is 4.57. The minimum Gasteiger partial charge on any atom is -0.508 e. The molecule has 0 fully saturated rings. The van der Waals surface area contributed by atoms with E-state index in [2.05, 4.69) is 109 Å². The molecule has 0 amide bonds. The quantitative estimate of drug-likeness (QED) is 0.101. The molecule has 0 saturated heterocycles. The second-order valence-electron chi connectivity index (χ2n) is 10.3. The van der Waals surface area contributed by atoms with Crippen LogP contribution in [0.25, 0.3) is 16.9 Å². The second-order valence-corrected chi connectivity index (χ2v) is 10.3. The molecule has 0 spiro atoms. The van der Waals surface area contributed by atoms with Crippen molar-refractivity contribution in [3.05, 3.63) is 153 Å². The van der Waals surface area contributed by atoms with E-state index in [1.165, 1.54) is 0 Å². The summed E-state index contributed by atoms with van der Waals surface area (Å²) in [6.45, 7) is 10.4. The number of hydrogen-bond acceptors (Lipinski definition) is 6. The molecule has 0 saturated carbocycles. The Morgan fingerprint density at radius 1 is 0.705 bits per heavy atom. The zero-order chi connectivity index (χ0) is 29.4. The number of nitrogens with zero attached hydrogens (tertiary/aromatic N) is 7. The van der Waals surface area contributed by atoms with Crippen LogP contribution in [0.1, 0.15) is 24.2 Å². The van der Waals surface area contributed by atoms with E-state index in [0.717, 1.165) is 65.6 Å². The van der Waals surface area contributed by atoms with E-state index in [1.54, 1.807) is 6.20 Å². The maximum Gasteiger partial charge on any atom is 0.120 e. The number of aromatic nitrogens is 3. The monoisotopic (exact) mass is 667 g/mol. The molecular formula is C36H34N7Rh-5. The number of hydrogen-bond donors (Lipinski definition) is 0. The Labute approximate surface area is 273 Å². The molecule has 0 bridgehead atoms. The molecule has 5 aromatic rings. The van der Waals surface area contributed by atoms with Crippen LogP contribution >= 0.6 is 0 Å². The first-order chi connectivity index (χ1) is 21.2. The number of para-hydroxylation sites is 2. The van der Waals surface area contributed by atoms with Gasteiger partial charge in [-0.2, -0.15) is 74.0 Å². The van der Waals surface area contributed by atoms with Gasteiger partial charge in [-0.15, -0.1) is 47.3 Å². The van der Waals surface area contributed by atoms with Crippen LogP contribution in [-0.2, 0) is 19.5 Å². The molecule has 2 aliphatic rings. The van der Waals surface area contributed by atoms with Gasteiger partial charge in [-0.25, -0.2) is 4.98 Å². The smallest absolute Gasteiger partial charge is 0.120 e. The van der Waals surface area contributed by atoms with Gasteiger partial charge in [0.2, 0.25) is 0 Å². The Hall–Kier alpha value is -4.42. The Morgan fingerprint density at radius 3 is 1.80 bits per heavy atom. The summed E-state index contributed by atoms with van der Waals surface area (Å²) in [7, 11) is 0. The number of benzene rings is 3. The minimum absolute atomic E-state index is 0. The Bertz CT molecular complexity index is 1600. The number of anilines is 2. The fraction of sp³-hybridized carbons (Fsp3) is 0.167. The maximum atomic E-state index is 4.57. The number of aryl methyl sites for hydroxylation is 2. The van der Waals surface area contributed by atoms with Crippen molar-refractivity contribution in [1.29, 1.82) is 0 Å². The largest absolute Gasteiger partial charge is 0.508 e. The number of imidazole rings is 1. The molecule has 0 N–H and O–H groups in total. The van der Waals surface area contributed by atoms with Gasteiger partial charge in [-0.1, -0.05) is 0 Å². The first kappa shape index (κ1) is 31.0. The van der Waals surface area contributed by atoms with E-state index in [4.69, 9.17) is 0 Å². The fourth-order valence-corrected chi connectivity index (χ4v) is 4.95. The van der Waals surface area contributed by atoms with Gasteiger partial charge in [0.25, 0.3) is 0 Å². The van der Waals surface area contributed by atoms with Gasteiger partial charge in [-0.05, 0) is 64.6 Å². The van der Waals surface area contributed by atoms with Crippen LogP contribution in [0, 0.1) is 45.4 Å². The van der Waals surface area contributed by atoms with E-state index in [-0.39, 0.29) is 19.5 Å². The van der Waals surface area contributed by atoms with Gasteiger partial charge >= 0.3 is 0 Å². The molecule has 2 aromatic heterocycles. The summed E-state index contributed by atoms with van der Waals surface area (Å²) in [4.78, 5) is 17.7. The van der Waals surface area contributed by atoms with E-state index in [1.807, 2.05) is 73.8 Å². The normalized spacial score (nSPS) is 13.8. The number of fused-ring (bicyclic) bond motifs is 1. The molecule has 7 rings (SSSR count). The molecule has 7 nitrogen and oxygen atoms in total. The SMILES string of the molecule is Cc1nc2c(-c3[c-]cccc3)nccn2c1C.[Rh].[c-]1ccccc1N1C=CN(CCCCN2C=CN(c3[c-]cccc3)[CH-]2)[CH-]1. The van der Waals surface area contributed by atoms with Crippen LogP contribution in [0.3, 0.4) is 0 Å². The topological polar surface area (TPSA) is 43.2 Å². The molecule has 4 heterocycles. The molecule has 227 valence electrons. The first-order valence-electron chi connectivity index (χ1n) is 14.5. The van der Waals surface area contributed by atoms with Crippen molar-refractivity contribution in [3.63, 3.8) is 0 Å².